The number of ether oxygens (including phenoxy) is 1. The third-order valence-electron chi connectivity index (χ3n) is 5.39. The maximum atomic E-state index is 14.8. The molecule has 0 amide bonds. The van der Waals surface area contributed by atoms with Gasteiger partial charge in [-0.2, -0.15) is 5.10 Å². The summed E-state index contributed by atoms with van der Waals surface area (Å²) in [5, 5.41) is 15.2. The van der Waals surface area contributed by atoms with E-state index < -0.39 is 5.60 Å². The van der Waals surface area contributed by atoms with Gasteiger partial charge in [-0.25, -0.2) is 9.07 Å². The average molecular weight is 395 g/mol. The average Bonchev–Trinajstić information content (AvgIpc) is 3.11. The predicted octanol–water partition coefficient (Wildman–Crippen LogP) is 4.03. The Hall–Kier alpha value is -2.70. The summed E-state index contributed by atoms with van der Waals surface area (Å²) in [5.41, 5.74) is 2.20. The molecule has 4 rings (SSSR count). The Bertz CT molecular complexity index is 985. The van der Waals surface area contributed by atoms with Gasteiger partial charge in [0.1, 0.15) is 17.3 Å². The fraction of sp³-hybridized carbons (Fsp3) is 0.348. The molecule has 1 aromatic heterocycles. The van der Waals surface area contributed by atoms with Crippen LogP contribution >= 0.6 is 0 Å². The third kappa shape index (κ3) is 4.33. The minimum atomic E-state index is -0.695. The molecule has 0 radical (unpaired) electrons. The van der Waals surface area contributed by atoms with Crippen molar-refractivity contribution in [3.8, 4) is 22.7 Å². The summed E-state index contributed by atoms with van der Waals surface area (Å²) in [6, 6.07) is 14.6. The number of β-amino-alcohol motifs (C(OH)–C–C–N with tert-alkyl or cyclic N) is 1. The van der Waals surface area contributed by atoms with Crippen molar-refractivity contribution in [3.63, 3.8) is 0 Å². The van der Waals surface area contributed by atoms with Crippen LogP contribution in [0.2, 0.25) is 0 Å². The van der Waals surface area contributed by atoms with Crippen LogP contribution in [0.1, 0.15) is 25.3 Å². The summed E-state index contributed by atoms with van der Waals surface area (Å²) >= 11 is 0. The topological polar surface area (TPSA) is 50.5 Å². The van der Waals surface area contributed by atoms with Crippen molar-refractivity contribution in [3.05, 3.63) is 66.1 Å². The van der Waals surface area contributed by atoms with Crippen LogP contribution in [0.4, 0.5) is 4.39 Å². The van der Waals surface area contributed by atoms with Crippen molar-refractivity contribution in [2.75, 3.05) is 20.2 Å². The van der Waals surface area contributed by atoms with E-state index in [0.717, 1.165) is 30.6 Å². The number of methoxy groups -OCH3 is 1. The summed E-state index contributed by atoms with van der Waals surface area (Å²) < 4.78 is 21.8. The van der Waals surface area contributed by atoms with Gasteiger partial charge in [-0.3, -0.25) is 4.90 Å². The van der Waals surface area contributed by atoms with Crippen LogP contribution in [0.3, 0.4) is 0 Å². The molecule has 1 saturated heterocycles. The number of rotatable bonds is 5. The molecule has 1 aliphatic rings. The SMILES string of the molecule is COc1ccc(-c2nn(-c3ccccc3)cc2CN2CCC[C@@](C)(O)C2)c(F)c1. The second kappa shape index (κ2) is 7.97. The molecule has 3 aromatic rings. The third-order valence-corrected chi connectivity index (χ3v) is 5.39. The Kier molecular flexibility index (Phi) is 5.39. The molecule has 2 heterocycles. The van der Waals surface area contributed by atoms with E-state index in [9.17, 15) is 9.50 Å². The number of para-hydroxylation sites is 1. The van der Waals surface area contributed by atoms with Crippen LogP contribution in [0.15, 0.2) is 54.7 Å². The molecule has 0 spiro atoms. The zero-order chi connectivity index (χ0) is 20.4. The van der Waals surface area contributed by atoms with E-state index >= 15 is 0 Å². The number of likely N-dealkylation sites (tertiary alicyclic amines) is 1. The Morgan fingerprint density at radius 2 is 2.00 bits per heavy atom. The highest BCUT2D eigenvalue weighted by molar-refractivity contribution is 5.65. The van der Waals surface area contributed by atoms with Crippen LogP contribution in [-0.2, 0) is 6.54 Å². The second-order valence-electron chi connectivity index (χ2n) is 7.94. The summed E-state index contributed by atoms with van der Waals surface area (Å²) in [6.07, 6.45) is 3.69. The van der Waals surface area contributed by atoms with Crippen LogP contribution in [0, 0.1) is 5.82 Å². The number of hydrogen-bond donors (Lipinski definition) is 1. The molecule has 5 nitrogen and oxygen atoms in total. The van der Waals surface area contributed by atoms with Gasteiger partial charge in [0.15, 0.2) is 0 Å². The molecular formula is C23H26FN3O2. The number of aliphatic hydroxyl groups is 1. The fourth-order valence-electron chi connectivity index (χ4n) is 3.98. The lowest BCUT2D eigenvalue weighted by atomic mass is 9.94. The van der Waals surface area contributed by atoms with Gasteiger partial charge in [0.2, 0.25) is 0 Å². The van der Waals surface area contributed by atoms with E-state index in [4.69, 9.17) is 9.84 Å². The van der Waals surface area contributed by atoms with Crippen LogP contribution in [0.5, 0.6) is 5.75 Å². The van der Waals surface area contributed by atoms with Gasteiger partial charge in [0.25, 0.3) is 0 Å². The maximum Gasteiger partial charge on any atom is 0.136 e. The highest BCUT2D eigenvalue weighted by atomic mass is 19.1. The van der Waals surface area contributed by atoms with E-state index in [1.807, 2.05) is 43.5 Å². The van der Waals surface area contributed by atoms with Gasteiger partial charge >= 0.3 is 0 Å². The molecular weight excluding hydrogens is 369 g/mol. The number of piperidine rings is 1. The number of halogens is 1. The molecule has 2 aromatic carbocycles. The Morgan fingerprint density at radius 3 is 2.69 bits per heavy atom. The first-order valence-corrected chi connectivity index (χ1v) is 9.88. The second-order valence-corrected chi connectivity index (χ2v) is 7.94. The van der Waals surface area contributed by atoms with Crippen molar-refractivity contribution in [2.45, 2.75) is 31.9 Å². The van der Waals surface area contributed by atoms with Crippen LogP contribution in [-0.4, -0.2) is 45.6 Å². The molecule has 29 heavy (non-hydrogen) atoms. The predicted molar refractivity (Wildman–Crippen MR) is 111 cm³/mol. The highest BCUT2D eigenvalue weighted by Gasteiger charge is 2.29. The largest absolute Gasteiger partial charge is 0.497 e. The van der Waals surface area contributed by atoms with Crippen molar-refractivity contribution in [2.24, 2.45) is 0 Å². The first-order chi connectivity index (χ1) is 13.9. The van der Waals surface area contributed by atoms with Crippen LogP contribution in [0.25, 0.3) is 16.9 Å². The zero-order valence-corrected chi connectivity index (χ0v) is 16.8. The molecule has 1 fully saturated rings. The Morgan fingerprint density at radius 1 is 1.21 bits per heavy atom. The quantitative estimate of drug-likeness (QED) is 0.709. The molecule has 152 valence electrons. The zero-order valence-electron chi connectivity index (χ0n) is 16.8. The van der Waals surface area contributed by atoms with Crippen molar-refractivity contribution >= 4 is 0 Å². The normalized spacial score (nSPS) is 20.0. The standard InChI is InChI=1S/C23H26FN3O2/c1-23(28)11-6-12-26(16-23)14-17-15-27(18-7-4-3-5-8-18)25-22(17)20-10-9-19(29-2)13-21(20)24/h3-5,7-10,13,15,28H,6,11-12,14,16H2,1-2H3/t23-/m1/s1. The fourth-order valence-corrected chi connectivity index (χ4v) is 3.98. The first kappa shape index (κ1) is 19.6. The van der Waals surface area contributed by atoms with Crippen LogP contribution < -0.4 is 4.74 Å². The summed E-state index contributed by atoms with van der Waals surface area (Å²) in [5.74, 6) is 0.108. The molecule has 6 heteroatoms. The minimum Gasteiger partial charge on any atom is -0.497 e. The van der Waals surface area contributed by atoms with Gasteiger partial charge < -0.3 is 9.84 Å². The summed E-state index contributed by atoms with van der Waals surface area (Å²) in [4.78, 5) is 2.21. The molecule has 1 aliphatic heterocycles. The van der Waals surface area contributed by atoms with Gasteiger partial charge in [-0.15, -0.1) is 0 Å². The molecule has 0 aliphatic carbocycles. The lowest BCUT2D eigenvalue weighted by molar-refractivity contribution is -0.0181. The lowest BCUT2D eigenvalue weighted by Crippen LogP contribution is -2.45. The van der Waals surface area contributed by atoms with Gasteiger partial charge in [-0.1, -0.05) is 18.2 Å². The number of nitrogens with zero attached hydrogens (tertiary/aromatic N) is 3. The van der Waals surface area contributed by atoms with Crippen molar-refractivity contribution in [1.29, 1.82) is 0 Å². The highest BCUT2D eigenvalue weighted by Crippen LogP contribution is 2.31. The smallest absolute Gasteiger partial charge is 0.136 e. The number of aromatic nitrogens is 2. The minimum absolute atomic E-state index is 0.366. The summed E-state index contributed by atoms with van der Waals surface area (Å²) in [6.45, 7) is 3.96. The number of hydrogen-bond acceptors (Lipinski definition) is 4. The van der Waals surface area contributed by atoms with Gasteiger partial charge in [0.05, 0.1) is 18.4 Å². The van der Waals surface area contributed by atoms with E-state index in [0.29, 0.717) is 30.1 Å². The van der Waals surface area contributed by atoms with E-state index in [1.165, 1.54) is 13.2 Å². The summed E-state index contributed by atoms with van der Waals surface area (Å²) in [7, 11) is 1.52. The van der Waals surface area contributed by atoms with Gasteiger partial charge in [-0.05, 0) is 50.6 Å². The van der Waals surface area contributed by atoms with E-state index in [1.54, 1.807) is 16.8 Å². The molecule has 0 bridgehead atoms. The first-order valence-electron chi connectivity index (χ1n) is 9.88. The van der Waals surface area contributed by atoms with E-state index in [-0.39, 0.29) is 5.82 Å². The molecule has 1 N–H and O–H groups in total. The molecule has 1 atom stereocenters. The van der Waals surface area contributed by atoms with Gasteiger partial charge in [0, 0.05) is 36.5 Å². The maximum absolute atomic E-state index is 14.8. The van der Waals surface area contributed by atoms with Crippen molar-refractivity contribution < 1.29 is 14.2 Å². The number of benzene rings is 2. The molecule has 0 unspecified atom stereocenters. The van der Waals surface area contributed by atoms with Crippen molar-refractivity contribution in [1.82, 2.24) is 14.7 Å². The Labute approximate surface area is 170 Å². The molecule has 0 saturated carbocycles. The monoisotopic (exact) mass is 395 g/mol. The Balaban J connectivity index is 1.73. The van der Waals surface area contributed by atoms with E-state index in [2.05, 4.69) is 4.90 Å². The lowest BCUT2D eigenvalue weighted by Gasteiger charge is -2.36.